The molecule has 3 aromatic heterocycles. The summed E-state index contributed by atoms with van der Waals surface area (Å²) >= 11 is 0. The molecule has 4 rings (SSSR count). The van der Waals surface area contributed by atoms with Crippen LogP contribution in [0.15, 0.2) is 49.1 Å². The Balaban J connectivity index is 0.00000124. The molecule has 0 aliphatic heterocycles. The average Bonchev–Trinajstić information content (AvgIpc) is 3.37. The van der Waals surface area contributed by atoms with Crippen molar-refractivity contribution in [2.45, 2.75) is 34.1 Å². The number of H-pyrrole nitrogens is 1. The molecule has 0 radical (unpaired) electrons. The molecule has 0 bridgehead atoms. The van der Waals surface area contributed by atoms with E-state index in [4.69, 9.17) is 4.74 Å². The number of nitrogens with one attached hydrogen (secondary N) is 2. The highest BCUT2D eigenvalue weighted by Crippen LogP contribution is 2.35. The fourth-order valence-corrected chi connectivity index (χ4v) is 2.88. The number of alkyl halides is 1. The van der Waals surface area contributed by atoms with Gasteiger partial charge in [0.05, 0.1) is 23.8 Å². The Labute approximate surface area is 173 Å². The van der Waals surface area contributed by atoms with Crippen molar-refractivity contribution in [3.05, 3.63) is 60.2 Å². The predicted molar refractivity (Wildman–Crippen MR) is 112 cm³/mol. The SMILES string of the molecule is CC.Cc1ccc(OC(C)F)c(-c2[nH]ncc2NC(=O)c2cnn3cccnc23)c1. The second kappa shape index (κ2) is 9.17. The van der Waals surface area contributed by atoms with Gasteiger partial charge in [0.25, 0.3) is 5.91 Å². The molecule has 0 saturated heterocycles. The number of aromatic nitrogens is 5. The van der Waals surface area contributed by atoms with E-state index in [1.807, 2.05) is 32.9 Å². The van der Waals surface area contributed by atoms with Crippen LogP contribution in [0.25, 0.3) is 16.9 Å². The summed E-state index contributed by atoms with van der Waals surface area (Å²) in [4.78, 5) is 16.9. The number of rotatable bonds is 5. The molecule has 1 amide bonds. The van der Waals surface area contributed by atoms with E-state index in [1.165, 1.54) is 23.8 Å². The van der Waals surface area contributed by atoms with E-state index < -0.39 is 6.36 Å². The van der Waals surface area contributed by atoms with E-state index >= 15 is 0 Å². The molecule has 9 heteroatoms. The Bertz CT molecular complexity index is 1150. The lowest BCUT2D eigenvalue weighted by atomic mass is 10.1. The first-order chi connectivity index (χ1) is 14.5. The van der Waals surface area contributed by atoms with Crippen LogP contribution in [0.3, 0.4) is 0 Å². The van der Waals surface area contributed by atoms with Crippen LogP contribution in [-0.4, -0.2) is 37.1 Å². The van der Waals surface area contributed by atoms with Crippen molar-refractivity contribution >= 4 is 17.2 Å². The van der Waals surface area contributed by atoms with Gasteiger partial charge in [0, 0.05) is 24.9 Å². The number of aryl methyl sites for hydroxylation is 1. The molecule has 0 saturated carbocycles. The lowest BCUT2D eigenvalue weighted by Gasteiger charge is -2.13. The minimum Gasteiger partial charge on any atom is -0.460 e. The van der Waals surface area contributed by atoms with Crippen molar-refractivity contribution in [2.75, 3.05) is 5.32 Å². The van der Waals surface area contributed by atoms with Gasteiger partial charge in [-0.15, -0.1) is 0 Å². The molecule has 4 aromatic rings. The quantitative estimate of drug-likeness (QED) is 0.508. The van der Waals surface area contributed by atoms with E-state index in [9.17, 15) is 9.18 Å². The summed E-state index contributed by atoms with van der Waals surface area (Å²) in [6, 6.07) is 7.06. The summed E-state index contributed by atoms with van der Waals surface area (Å²) in [6.45, 7) is 7.21. The third-order valence-electron chi connectivity index (χ3n) is 4.11. The monoisotopic (exact) mass is 410 g/mol. The molecule has 2 N–H and O–H groups in total. The Morgan fingerprint density at radius 3 is 2.87 bits per heavy atom. The summed E-state index contributed by atoms with van der Waals surface area (Å²) in [6.07, 6.45) is 4.75. The first kappa shape index (κ1) is 21.0. The van der Waals surface area contributed by atoms with Gasteiger partial charge in [0.15, 0.2) is 5.65 Å². The number of anilines is 1. The van der Waals surface area contributed by atoms with Crippen LogP contribution in [0.1, 0.15) is 36.7 Å². The Hall–Kier alpha value is -3.75. The Morgan fingerprint density at radius 2 is 2.10 bits per heavy atom. The Morgan fingerprint density at radius 1 is 1.30 bits per heavy atom. The third-order valence-corrected chi connectivity index (χ3v) is 4.11. The van der Waals surface area contributed by atoms with Crippen LogP contribution >= 0.6 is 0 Å². The second-order valence-corrected chi connectivity index (χ2v) is 6.22. The molecule has 0 fully saturated rings. The predicted octanol–water partition coefficient (Wildman–Crippen LogP) is 4.40. The maximum atomic E-state index is 13.4. The van der Waals surface area contributed by atoms with E-state index in [0.717, 1.165) is 5.56 Å². The lowest BCUT2D eigenvalue weighted by Crippen LogP contribution is -2.12. The topological polar surface area (TPSA) is 97.2 Å². The van der Waals surface area contributed by atoms with Gasteiger partial charge in [-0.05, 0) is 25.1 Å². The van der Waals surface area contributed by atoms with Gasteiger partial charge >= 0.3 is 0 Å². The molecule has 0 spiro atoms. The lowest BCUT2D eigenvalue weighted by molar-refractivity contribution is 0.0866. The zero-order chi connectivity index (χ0) is 21.7. The molecule has 156 valence electrons. The minimum absolute atomic E-state index is 0.325. The molecule has 0 aliphatic carbocycles. The minimum atomic E-state index is -1.48. The largest absolute Gasteiger partial charge is 0.460 e. The standard InChI is InChI=1S/C19H17FN6O2.C2H6/c1-11-4-5-16(28-12(2)20)13(8-11)17-15(10-22-25-17)24-19(27)14-9-23-26-7-3-6-21-18(14)26;1-2/h3-10,12H,1-2H3,(H,22,25)(H,24,27);1-2H3. The molecular formula is C21H23FN6O2. The highest BCUT2D eigenvalue weighted by Gasteiger charge is 2.19. The number of nitrogens with zero attached hydrogens (tertiary/aromatic N) is 4. The summed E-state index contributed by atoms with van der Waals surface area (Å²) < 4.78 is 20.2. The maximum Gasteiger partial charge on any atom is 0.261 e. The molecular weight excluding hydrogens is 387 g/mol. The van der Waals surface area contributed by atoms with Crippen LogP contribution in [0.4, 0.5) is 10.1 Å². The number of hydrogen-bond acceptors (Lipinski definition) is 5. The van der Waals surface area contributed by atoms with Crippen molar-refractivity contribution in [3.8, 4) is 17.0 Å². The number of fused-ring (bicyclic) bond motifs is 1. The maximum absolute atomic E-state index is 13.4. The number of aromatic amines is 1. The van der Waals surface area contributed by atoms with Gasteiger partial charge in [-0.25, -0.2) is 13.9 Å². The molecule has 1 unspecified atom stereocenters. The number of carbonyl (C=O) groups excluding carboxylic acids is 1. The van der Waals surface area contributed by atoms with Crippen molar-refractivity contribution in [3.63, 3.8) is 0 Å². The first-order valence-electron chi connectivity index (χ1n) is 9.58. The number of carbonyl (C=O) groups is 1. The summed E-state index contributed by atoms with van der Waals surface area (Å²) in [5.41, 5.74) is 3.25. The van der Waals surface area contributed by atoms with Crippen LogP contribution in [0, 0.1) is 6.92 Å². The van der Waals surface area contributed by atoms with Crippen molar-refractivity contribution in [2.24, 2.45) is 0 Å². The number of benzene rings is 1. The van der Waals surface area contributed by atoms with E-state index in [0.29, 0.717) is 33.9 Å². The Kier molecular flexibility index (Phi) is 6.41. The molecule has 8 nitrogen and oxygen atoms in total. The number of hydrogen-bond donors (Lipinski definition) is 2. The molecule has 1 atom stereocenters. The number of amides is 1. The normalized spacial score (nSPS) is 11.5. The molecule has 0 aliphatic rings. The summed E-state index contributed by atoms with van der Waals surface area (Å²) in [5.74, 6) is -0.0386. The third kappa shape index (κ3) is 4.29. The highest BCUT2D eigenvalue weighted by atomic mass is 19.1. The first-order valence-corrected chi connectivity index (χ1v) is 9.58. The number of ether oxygens (including phenoxy) is 1. The van der Waals surface area contributed by atoms with Gasteiger partial charge in [-0.2, -0.15) is 10.2 Å². The number of halogens is 1. The van der Waals surface area contributed by atoms with Crippen LogP contribution in [0.2, 0.25) is 0 Å². The molecule has 3 heterocycles. The van der Waals surface area contributed by atoms with Crippen LogP contribution in [-0.2, 0) is 0 Å². The zero-order valence-electron chi connectivity index (χ0n) is 17.2. The zero-order valence-corrected chi connectivity index (χ0v) is 17.2. The average molecular weight is 410 g/mol. The van der Waals surface area contributed by atoms with Gasteiger partial charge in [0.2, 0.25) is 6.36 Å². The fourth-order valence-electron chi connectivity index (χ4n) is 2.88. The van der Waals surface area contributed by atoms with E-state index in [2.05, 4.69) is 25.6 Å². The van der Waals surface area contributed by atoms with Crippen molar-refractivity contribution < 1.29 is 13.9 Å². The van der Waals surface area contributed by atoms with Gasteiger partial charge in [-0.3, -0.25) is 9.89 Å². The molecule has 1 aromatic carbocycles. The summed E-state index contributed by atoms with van der Waals surface area (Å²) in [5, 5.41) is 13.8. The highest BCUT2D eigenvalue weighted by molar-refractivity contribution is 6.09. The van der Waals surface area contributed by atoms with E-state index in [1.54, 1.807) is 24.5 Å². The van der Waals surface area contributed by atoms with Gasteiger partial charge in [-0.1, -0.05) is 25.5 Å². The smallest absolute Gasteiger partial charge is 0.261 e. The van der Waals surface area contributed by atoms with Gasteiger partial charge < -0.3 is 10.1 Å². The van der Waals surface area contributed by atoms with Gasteiger partial charge in [0.1, 0.15) is 11.3 Å². The summed E-state index contributed by atoms with van der Waals surface area (Å²) in [7, 11) is 0. The molecule has 30 heavy (non-hydrogen) atoms. The van der Waals surface area contributed by atoms with Crippen LogP contribution in [0.5, 0.6) is 5.75 Å². The van der Waals surface area contributed by atoms with Crippen molar-refractivity contribution in [1.82, 2.24) is 24.8 Å². The fraction of sp³-hybridized carbons (Fsp3) is 0.238. The van der Waals surface area contributed by atoms with Crippen molar-refractivity contribution in [1.29, 1.82) is 0 Å². The van der Waals surface area contributed by atoms with E-state index in [-0.39, 0.29) is 5.91 Å². The second-order valence-electron chi connectivity index (χ2n) is 6.22. The van der Waals surface area contributed by atoms with Crippen LogP contribution < -0.4 is 10.1 Å².